The monoisotopic (exact) mass is 302 g/mol. The molecule has 114 valence electrons. The number of fused-ring (bicyclic) bond motifs is 1. The van der Waals surface area contributed by atoms with Gasteiger partial charge in [-0.1, -0.05) is 30.2 Å². The molecule has 3 rings (SSSR count). The average Bonchev–Trinajstić information content (AvgIpc) is 2.08. The maximum absolute atomic E-state index is 14.8. The first-order valence-corrected chi connectivity index (χ1v) is 5.96. The Morgan fingerprint density at radius 3 is 1.65 bits per heavy atom. The molecule has 0 saturated carbocycles. The molecule has 0 aromatic carbocycles. The largest absolute Gasteiger partial charge is 0.424 e. The third-order valence-corrected chi connectivity index (χ3v) is 4.21. The summed E-state index contributed by atoms with van der Waals surface area (Å²) in [6.45, 7) is 3.48. The van der Waals surface area contributed by atoms with E-state index in [1.54, 1.807) is 0 Å². The summed E-state index contributed by atoms with van der Waals surface area (Å²) >= 11 is 0. The van der Waals surface area contributed by atoms with Crippen LogP contribution in [0.5, 0.6) is 0 Å². The van der Waals surface area contributed by atoms with E-state index in [1.165, 1.54) is 13.8 Å². The molecule has 20 heavy (non-hydrogen) atoms. The molecule has 0 aromatic heterocycles. The van der Waals surface area contributed by atoms with Gasteiger partial charge in [0.25, 0.3) is 0 Å². The number of allylic oxidation sites excluding steroid dienone is 4. The summed E-state index contributed by atoms with van der Waals surface area (Å²) in [5, 5.41) is 0. The first-order valence-electron chi connectivity index (χ1n) is 5.96. The van der Waals surface area contributed by atoms with E-state index in [0.29, 0.717) is 0 Å². The second-order valence-corrected chi connectivity index (χ2v) is 5.82. The molecule has 3 aliphatic rings. The van der Waals surface area contributed by atoms with Crippen molar-refractivity contribution in [1.29, 1.82) is 0 Å². The van der Waals surface area contributed by atoms with Crippen molar-refractivity contribution < 1.29 is 30.7 Å². The minimum Gasteiger partial charge on any atom is -0.232 e. The maximum Gasteiger partial charge on any atom is 0.424 e. The Bertz CT molecular complexity index is 474. The van der Waals surface area contributed by atoms with Gasteiger partial charge in [-0.3, -0.25) is 0 Å². The van der Waals surface area contributed by atoms with Gasteiger partial charge < -0.3 is 0 Å². The van der Waals surface area contributed by atoms with Gasteiger partial charge in [-0.05, 0) is 13.8 Å². The molecule has 2 bridgehead atoms. The van der Waals surface area contributed by atoms with Crippen LogP contribution in [0.3, 0.4) is 0 Å². The molecule has 0 fully saturated rings. The Hall–Kier alpha value is -1.01. The Balaban J connectivity index is 2.79. The van der Waals surface area contributed by atoms with Gasteiger partial charge in [0.05, 0.1) is 0 Å². The summed E-state index contributed by atoms with van der Waals surface area (Å²) in [4.78, 5) is 0. The van der Waals surface area contributed by atoms with Crippen molar-refractivity contribution in [3.05, 3.63) is 23.3 Å². The molecule has 0 radical (unpaired) electrons. The van der Waals surface area contributed by atoms with E-state index in [-0.39, 0.29) is 11.1 Å². The molecule has 2 unspecified atom stereocenters. The van der Waals surface area contributed by atoms with Crippen molar-refractivity contribution in [2.75, 3.05) is 0 Å². The van der Waals surface area contributed by atoms with Crippen LogP contribution in [0.15, 0.2) is 23.3 Å². The Morgan fingerprint density at radius 1 is 0.950 bits per heavy atom. The van der Waals surface area contributed by atoms with Crippen LogP contribution in [0, 0.1) is 17.3 Å². The topological polar surface area (TPSA) is 0 Å². The third kappa shape index (κ3) is 1.74. The number of hydrogen-bond acceptors (Lipinski definition) is 0. The van der Waals surface area contributed by atoms with Gasteiger partial charge in [-0.15, -0.1) is 0 Å². The summed E-state index contributed by atoms with van der Waals surface area (Å²) in [6.07, 6.45) is -8.67. The van der Waals surface area contributed by atoms with E-state index in [2.05, 4.69) is 0 Å². The Labute approximate surface area is 111 Å². The van der Waals surface area contributed by atoms with Crippen LogP contribution in [-0.4, -0.2) is 18.0 Å². The molecule has 3 aliphatic carbocycles. The second-order valence-electron chi connectivity index (χ2n) is 5.82. The summed E-state index contributed by atoms with van der Waals surface area (Å²) in [5.41, 5.74) is -6.36. The highest BCUT2D eigenvalue weighted by Gasteiger charge is 2.77. The summed E-state index contributed by atoms with van der Waals surface area (Å²) in [6, 6.07) is 0. The fourth-order valence-electron chi connectivity index (χ4n) is 3.92. The molecule has 0 saturated heterocycles. The minimum absolute atomic E-state index is 0.00664. The quantitative estimate of drug-likeness (QED) is 0.437. The molecule has 0 N–H and O–H groups in total. The van der Waals surface area contributed by atoms with Gasteiger partial charge in [-0.2, -0.15) is 26.3 Å². The van der Waals surface area contributed by atoms with E-state index < -0.39 is 35.3 Å². The van der Waals surface area contributed by atoms with Crippen LogP contribution in [0.2, 0.25) is 0 Å². The Morgan fingerprint density at radius 2 is 1.35 bits per heavy atom. The highest BCUT2D eigenvalue weighted by Crippen LogP contribution is 2.66. The Kier molecular flexibility index (Phi) is 2.92. The molecule has 0 heterocycles. The average molecular weight is 302 g/mol. The van der Waals surface area contributed by atoms with Crippen LogP contribution in [0.25, 0.3) is 0 Å². The van der Waals surface area contributed by atoms with E-state index in [4.69, 9.17) is 0 Å². The van der Waals surface area contributed by atoms with Crippen molar-refractivity contribution in [2.45, 2.75) is 38.8 Å². The number of rotatable bonds is 0. The molecular formula is C13H13F7. The highest BCUT2D eigenvalue weighted by molar-refractivity contribution is 5.43. The lowest BCUT2D eigenvalue weighted by Gasteiger charge is -2.55. The lowest BCUT2D eigenvalue weighted by molar-refractivity contribution is -0.329. The molecule has 0 spiro atoms. The van der Waals surface area contributed by atoms with Crippen molar-refractivity contribution in [3.63, 3.8) is 0 Å². The predicted molar refractivity (Wildman–Crippen MR) is 58.6 cm³/mol. The summed E-state index contributed by atoms with van der Waals surface area (Å²) in [7, 11) is 0. The van der Waals surface area contributed by atoms with E-state index in [9.17, 15) is 30.7 Å². The second kappa shape index (κ2) is 3.80. The first kappa shape index (κ1) is 15.4. The standard InChI is InChI=1S/C13H13F7/c1-6-4-10(3)5-7(2)8(6)11(14,13(18,19)20)9(10)12(15,16)17/h4-5,8-9H,1-3H3. The van der Waals surface area contributed by atoms with Crippen molar-refractivity contribution in [2.24, 2.45) is 17.3 Å². The van der Waals surface area contributed by atoms with Gasteiger partial charge >= 0.3 is 12.4 Å². The van der Waals surface area contributed by atoms with Crippen molar-refractivity contribution in [3.8, 4) is 0 Å². The van der Waals surface area contributed by atoms with Crippen LogP contribution in [0.4, 0.5) is 30.7 Å². The van der Waals surface area contributed by atoms with Crippen molar-refractivity contribution in [1.82, 2.24) is 0 Å². The van der Waals surface area contributed by atoms with Crippen LogP contribution >= 0.6 is 0 Å². The molecule has 0 amide bonds. The van der Waals surface area contributed by atoms with Crippen LogP contribution in [-0.2, 0) is 0 Å². The third-order valence-electron chi connectivity index (χ3n) is 4.21. The molecule has 2 atom stereocenters. The molecule has 0 aromatic rings. The van der Waals surface area contributed by atoms with Crippen LogP contribution < -0.4 is 0 Å². The first-order chi connectivity index (χ1) is 8.75. The molecule has 7 heteroatoms. The molecular weight excluding hydrogens is 289 g/mol. The number of alkyl halides is 7. The summed E-state index contributed by atoms with van der Waals surface area (Å²) < 4.78 is 93.6. The summed E-state index contributed by atoms with van der Waals surface area (Å²) in [5.74, 6) is -5.03. The van der Waals surface area contributed by atoms with Crippen molar-refractivity contribution >= 4 is 0 Å². The van der Waals surface area contributed by atoms with Gasteiger partial charge in [0.2, 0.25) is 5.67 Å². The zero-order chi connectivity index (χ0) is 15.7. The number of halogens is 7. The molecule has 0 nitrogen and oxygen atoms in total. The fraction of sp³-hybridized carbons (Fsp3) is 0.692. The highest BCUT2D eigenvalue weighted by atomic mass is 19.4. The maximum atomic E-state index is 14.8. The SMILES string of the molecule is CC1=CC2(C)C=C(C)C1C(F)(C(F)(F)F)C2C(F)(F)F. The fourth-order valence-corrected chi connectivity index (χ4v) is 3.92. The zero-order valence-corrected chi connectivity index (χ0v) is 11.0. The zero-order valence-electron chi connectivity index (χ0n) is 11.0. The number of hydrogen-bond donors (Lipinski definition) is 0. The normalized spacial score (nSPS) is 41.5. The predicted octanol–water partition coefficient (Wildman–Crippen LogP) is 4.98. The van der Waals surface area contributed by atoms with Crippen LogP contribution in [0.1, 0.15) is 20.8 Å². The van der Waals surface area contributed by atoms with Gasteiger partial charge in [-0.25, -0.2) is 4.39 Å². The van der Waals surface area contributed by atoms with Gasteiger partial charge in [0.1, 0.15) is 5.92 Å². The van der Waals surface area contributed by atoms with E-state index >= 15 is 0 Å². The lowest BCUT2D eigenvalue weighted by Crippen LogP contribution is -2.66. The van der Waals surface area contributed by atoms with E-state index in [0.717, 1.165) is 19.1 Å². The van der Waals surface area contributed by atoms with Gasteiger partial charge in [0, 0.05) is 11.3 Å². The molecule has 0 aliphatic heterocycles. The lowest BCUT2D eigenvalue weighted by atomic mass is 9.52. The smallest absolute Gasteiger partial charge is 0.232 e. The van der Waals surface area contributed by atoms with E-state index in [1.807, 2.05) is 0 Å². The minimum atomic E-state index is -5.59. The van der Waals surface area contributed by atoms with Gasteiger partial charge in [0.15, 0.2) is 0 Å².